The summed E-state index contributed by atoms with van der Waals surface area (Å²) in [5.41, 5.74) is -4.64. The second kappa shape index (κ2) is 9.84. The normalized spacial score (nSPS) is 12.7. The van der Waals surface area contributed by atoms with Gasteiger partial charge in [-0.3, -0.25) is 0 Å². The lowest BCUT2D eigenvalue weighted by molar-refractivity contribution is -0.348. The first-order valence-electron chi connectivity index (χ1n) is 10.6. The van der Waals surface area contributed by atoms with Crippen molar-refractivity contribution in [3.63, 3.8) is 0 Å². The number of alkyl halides is 7. The molecule has 1 heterocycles. The fraction of sp³-hybridized carbons (Fsp3) is 0.320. The van der Waals surface area contributed by atoms with Crippen LogP contribution in [-0.4, -0.2) is 23.2 Å². The van der Waals surface area contributed by atoms with Crippen LogP contribution in [0, 0.1) is 20.8 Å². The monoisotopic (exact) mass is 534 g/mol. The summed E-state index contributed by atoms with van der Waals surface area (Å²) in [6, 6.07) is 7.81. The van der Waals surface area contributed by atoms with Gasteiger partial charge in [0.05, 0.1) is 0 Å². The number of halogens is 7. The van der Waals surface area contributed by atoms with Gasteiger partial charge in [0.1, 0.15) is 17.1 Å². The van der Waals surface area contributed by atoms with Crippen LogP contribution in [-0.2, 0) is 12.1 Å². The maximum Gasteiger partial charge on any atom is 0.435 e. The highest BCUT2D eigenvalue weighted by molar-refractivity contribution is 7.99. The molecule has 11 heteroatoms. The van der Waals surface area contributed by atoms with Gasteiger partial charge in [0.2, 0.25) is 0 Å². The molecule has 0 atom stereocenters. The summed E-state index contributed by atoms with van der Waals surface area (Å²) in [5, 5.41) is 10.5. The average molecular weight is 534 g/mol. The Morgan fingerprint density at radius 1 is 0.833 bits per heavy atom. The fourth-order valence-electron chi connectivity index (χ4n) is 3.99. The first kappa shape index (κ1) is 27.6. The van der Waals surface area contributed by atoms with E-state index in [9.17, 15) is 40.6 Å². The molecule has 0 fully saturated rings. The number of aromatic hydroxyl groups is 1. The third-order valence-electron chi connectivity index (χ3n) is 5.56. The van der Waals surface area contributed by atoms with Crippen molar-refractivity contribution < 1.29 is 40.3 Å². The molecule has 0 bridgehead atoms. The van der Waals surface area contributed by atoms with Gasteiger partial charge >= 0.3 is 23.6 Å². The van der Waals surface area contributed by atoms with Crippen LogP contribution in [0.3, 0.4) is 0 Å². The average Bonchev–Trinajstić information content (AvgIpc) is 2.73. The van der Waals surface area contributed by atoms with Gasteiger partial charge in [-0.1, -0.05) is 29.8 Å². The van der Waals surface area contributed by atoms with E-state index >= 15 is 0 Å². The molecule has 0 amide bonds. The molecule has 3 nitrogen and oxygen atoms in total. The van der Waals surface area contributed by atoms with Crippen LogP contribution in [0.1, 0.15) is 28.0 Å². The van der Waals surface area contributed by atoms with Gasteiger partial charge in [-0.2, -0.15) is 26.3 Å². The zero-order valence-electron chi connectivity index (χ0n) is 19.3. The highest BCUT2D eigenvalue weighted by atomic mass is 32.2. The van der Waals surface area contributed by atoms with Gasteiger partial charge in [0.15, 0.2) is 0 Å². The Labute approximate surface area is 206 Å². The van der Waals surface area contributed by atoms with Gasteiger partial charge < -0.3 is 9.52 Å². The molecule has 36 heavy (non-hydrogen) atoms. The third kappa shape index (κ3) is 5.25. The van der Waals surface area contributed by atoms with Crippen molar-refractivity contribution in [2.24, 2.45) is 0 Å². The molecular formula is C25H21F7O3S. The maximum atomic E-state index is 14.1. The van der Waals surface area contributed by atoms with Crippen LogP contribution in [0.15, 0.2) is 56.6 Å². The lowest BCUT2D eigenvalue weighted by Crippen LogP contribution is -2.50. The molecule has 0 aliphatic rings. The van der Waals surface area contributed by atoms with Crippen molar-refractivity contribution in [1.82, 2.24) is 0 Å². The molecule has 0 aliphatic carbocycles. The number of benzene rings is 2. The van der Waals surface area contributed by atoms with Crippen molar-refractivity contribution in [3.05, 3.63) is 80.9 Å². The maximum absolute atomic E-state index is 14.1. The minimum absolute atomic E-state index is 0.0287. The number of thioether (sulfide) groups is 1. The first-order chi connectivity index (χ1) is 16.6. The van der Waals surface area contributed by atoms with Crippen molar-refractivity contribution in [1.29, 1.82) is 0 Å². The molecule has 1 aromatic heterocycles. The molecule has 0 unspecified atom stereocenters. The highest BCUT2D eigenvalue weighted by Gasteiger charge is 2.73. The third-order valence-corrected chi connectivity index (χ3v) is 6.57. The Morgan fingerprint density at radius 3 is 1.83 bits per heavy atom. The number of aryl methyl sites for hydroxylation is 4. The Kier molecular flexibility index (Phi) is 7.55. The largest absolute Gasteiger partial charge is 0.507 e. The van der Waals surface area contributed by atoms with Crippen LogP contribution in [0.2, 0.25) is 0 Å². The molecular weight excluding hydrogens is 513 g/mol. The zero-order valence-corrected chi connectivity index (χ0v) is 20.1. The standard InChI is InChI=1S/C25H21F7O3S/c1-13-10-14(2)20(15(3)11-13)21-19(33)12-17(35-22(21)34)8-9-36-18-6-4-16(5-7-18)23(26,24(27,28)29)25(30,31)32/h4-7,10-12,33H,8-9H2,1-3H3. The minimum atomic E-state index is -6.18. The predicted molar refractivity (Wildman–Crippen MR) is 122 cm³/mol. The van der Waals surface area contributed by atoms with E-state index in [4.69, 9.17) is 4.42 Å². The van der Waals surface area contributed by atoms with E-state index in [1.165, 1.54) is 6.07 Å². The van der Waals surface area contributed by atoms with E-state index in [0.717, 1.165) is 40.6 Å². The summed E-state index contributed by atoms with van der Waals surface area (Å²) >= 11 is 1.04. The van der Waals surface area contributed by atoms with Crippen LogP contribution < -0.4 is 5.63 Å². The van der Waals surface area contributed by atoms with Crippen LogP contribution in [0.25, 0.3) is 11.1 Å². The fourth-order valence-corrected chi connectivity index (χ4v) is 4.86. The van der Waals surface area contributed by atoms with E-state index in [2.05, 4.69) is 0 Å². The number of rotatable bonds is 6. The summed E-state index contributed by atoms with van der Waals surface area (Å²) in [5.74, 6) is 0.0807. The number of hydrogen-bond acceptors (Lipinski definition) is 4. The highest BCUT2D eigenvalue weighted by Crippen LogP contribution is 2.53. The SMILES string of the molecule is Cc1cc(C)c(-c2c(O)cc(CCSc3ccc(C(F)(C(F)(F)F)C(F)(F)F)cc3)oc2=O)c(C)c1. The van der Waals surface area contributed by atoms with Crippen molar-refractivity contribution >= 4 is 11.8 Å². The summed E-state index contributed by atoms with van der Waals surface area (Å²) in [6.45, 7) is 5.52. The zero-order chi connectivity index (χ0) is 27.1. The van der Waals surface area contributed by atoms with Gasteiger partial charge in [-0.15, -0.1) is 11.8 Å². The molecule has 194 valence electrons. The summed E-state index contributed by atoms with van der Waals surface area (Å²) in [7, 11) is 0. The Balaban J connectivity index is 1.75. The van der Waals surface area contributed by atoms with Crippen LogP contribution in [0.4, 0.5) is 30.7 Å². The second-order valence-electron chi connectivity index (χ2n) is 8.31. The molecule has 0 spiro atoms. The molecule has 0 radical (unpaired) electrons. The lowest BCUT2D eigenvalue weighted by Gasteiger charge is -2.30. The lowest BCUT2D eigenvalue weighted by atomic mass is 9.94. The molecule has 0 saturated carbocycles. The Hall–Kier alpha value is -2.95. The van der Waals surface area contributed by atoms with Crippen LogP contribution in [0.5, 0.6) is 5.75 Å². The first-order valence-corrected chi connectivity index (χ1v) is 11.5. The van der Waals surface area contributed by atoms with E-state index < -0.39 is 29.2 Å². The molecule has 0 saturated heterocycles. The van der Waals surface area contributed by atoms with Crippen molar-refractivity contribution in [2.75, 3.05) is 5.75 Å². The van der Waals surface area contributed by atoms with E-state index in [0.29, 0.717) is 17.7 Å². The van der Waals surface area contributed by atoms with Crippen molar-refractivity contribution in [3.8, 4) is 16.9 Å². The quantitative estimate of drug-likeness (QED) is 0.262. The number of hydrogen-bond donors (Lipinski definition) is 1. The van der Waals surface area contributed by atoms with Crippen molar-refractivity contribution in [2.45, 2.75) is 50.1 Å². The van der Waals surface area contributed by atoms with Gasteiger partial charge in [0, 0.05) is 28.7 Å². The smallest absolute Gasteiger partial charge is 0.435 e. The Bertz CT molecular complexity index is 1270. The summed E-state index contributed by atoms with van der Waals surface area (Å²) in [6.07, 6.45) is -12.2. The molecule has 0 aliphatic heterocycles. The Morgan fingerprint density at radius 2 is 1.36 bits per heavy atom. The van der Waals surface area contributed by atoms with E-state index in [-0.39, 0.29) is 34.1 Å². The molecule has 2 aromatic carbocycles. The second-order valence-corrected chi connectivity index (χ2v) is 9.48. The van der Waals surface area contributed by atoms with Crippen LogP contribution >= 0.6 is 11.8 Å². The van der Waals surface area contributed by atoms with E-state index in [1.54, 1.807) is 13.8 Å². The van der Waals surface area contributed by atoms with Gasteiger partial charge in [-0.05, 0) is 49.6 Å². The molecule has 1 N–H and O–H groups in total. The minimum Gasteiger partial charge on any atom is -0.507 e. The summed E-state index contributed by atoms with van der Waals surface area (Å²) in [4.78, 5) is 12.9. The predicted octanol–water partition coefficient (Wildman–Crippen LogP) is 7.56. The molecule has 3 rings (SSSR count). The topological polar surface area (TPSA) is 50.4 Å². The van der Waals surface area contributed by atoms with Gasteiger partial charge in [0.25, 0.3) is 0 Å². The molecule has 3 aromatic rings. The van der Waals surface area contributed by atoms with Gasteiger partial charge in [-0.25, -0.2) is 9.18 Å². The summed E-state index contributed by atoms with van der Waals surface area (Å²) < 4.78 is 96.8. The van der Waals surface area contributed by atoms with E-state index in [1.807, 2.05) is 19.1 Å².